The molecular weight excluding hydrogens is 254 g/mol. The molecule has 3 heteroatoms. The zero-order valence-electron chi connectivity index (χ0n) is 12.2. The fourth-order valence-corrected chi connectivity index (χ4v) is 2.93. The minimum atomic E-state index is -0.748. The molecule has 0 aliphatic heterocycles. The Hall–Kier alpha value is -0.670. The summed E-state index contributed by atoms with van der Waals surface area (Å²) in [5.41, 5.74) is 4.42. The van der Waals surface area contributed by atoms with E-state index >= 15 is 0 Å². The molecule has 1 aromatic carbocycles. The van der Waals surface area contributed by atoms with Gasteiger partial charge in [0.2, 0.25) is 0 Å². The number of rotatable bonds is 5. The first-order valence-electron chi connectivity index (χ1n) is 7.25. The highest BCUT2D eigenvalue weighted by atomic mass is 32.2. The van der Waals surface area contributed by atoms with Crippen LogP contribution in [0.5, 0.6) is 0 Å². The van der Waals surface area contributed by atoms with Gasteiger partial charge in [-0.3, -0.25) is 4.21 Å². The van der Waals surface area contributed by atoms with Gasteiger partial charge in [-0.1, -0.05) is 18.2 Å². The third-order valence-electron chi connectivity index (χ3n) is 4.15. The molecule has 0 aromatic heterocycles. The average molecular weight is 279 g/mol. The average Bonchev–Trinajstić information content (AvgIpc) is 2.43. The van der Waals surface area contributed by atoms with E-state index in [1.807, 2.05) is 6.92 Å². The maximum Gasteiger partial charge on any atom is 0.0441 e. The van der Waals surface area contributed by atoms with Gasteiger partial charge >= 0.3 is 0 Å². The summed E-state index contributed by atoms with van der Waals surface area (Å²) in [5.74, 6) is 0. The predicted molar refractivity (Wildman–Crippen MR) is 83.0 cm³/mol. The first-order chi connectivity index (χ1) is 9.08. The molecule has 0 heterocycles. The molecule has 0 radical (unpaired) electrons. The maximum absolute atomic E-state index is 11.4. The van der Waals surface area contributed by atoms with Crippen molar-refractivity contribution in [3.8, 4) is 0 Å². The van der Waals surface area contributed by atoms with E-state index in [0.29, 0.717) is 6.04 Å². The van der Waals surface area contributed by atoms with Crippen LogP contribution < -0.4 is 5.32 Å². The minimum Gasteiger partial charge on any atom is -0.309 e. The van der Waals surface area contributed by atoms with Crippen LogP contribution in [0.15, 0.2) is 18.2 Å². The highest BCUT2D eigenvalue weighted by molar-refractivity contribution is 7.84. The first kappa shape index (κ1) is 14.7. The summed E-state index contributed by atoms with van der Waals surface area (Å²) in [7, 11) is -0.748. The molecule has 3 unspecified atom stereocenters. The summed E-state index contributed by atoms with van der Waals surface area (Å²) in [6, 6.07) is 7.23. The van der Waals surface area contributed by atoms with Crippen molar-refractivity contribution < 1.29 is 4.21 Å². The van der Waals surface area contributed by atoms with Gasteiger partial charge in [0.05, 0.1) is 0 Å². The number of hydrogen-bond acceptors (Lipinski definition) is 2. The molecule has 1 N–H and O–H groups in total. The van der Waals surface area contributed by atoms with Gasteiger partial charge < -0.3 is 5.32 Å². The smallest absolute Gasteiger partial charge is 0.0441 e. The molecule has 0 fully saturated rings. The fourth-order valence-electron chi connectivity index (χ4n) is 2.60. The zero-order chi connectivity index (χ0) is 13.8. The second kappa shape index (κ2) is 6.67. The summed E-state index contributed by atoms with van der Waals surface area (Å²) in [6.45, 7) is 5.03. The highest BCUT2D eigenvalue weighted by Crippen LogP contribution is 2.24. The number of benzene rings is 1. The number of nitrogens with one attached hydrogen (secondary N) is 1. The molecule has 0 spiro atoms. The number of fused-ring (bicyclic) bond motifs is 1. The summed E-state index contributed by atoms with van der Waals surface area (Å²) >= 11 is 0. The molecule has 0 amide bonds. The van der Waals surface area contributed by atoms with Crippen LogP contribution in [0.1, 0.15) is 49.4 Å². The van der Waals surface area contributed by atoms with Crippen LogP contribution in [-0.4, -0.2) is 22.3 Å². The zero-order valence-corrected chi connectivity index (χ0v) is 13.1. The maximum atomic E-state index is 11.4. The van der Waals surface area contributed by atoms with E-state index in [2.05, 4.69) is 30.4 Å². The van der Waals surface area contributed by atoms with Crippen LogP contribution in [-0.2, 0) is 23.6 Å². The summed E-state index contributed by atoms with van der Waals surface area (Å²) < 4.78 is 11.4. The normalized spacial score (nSPS) is 19.5. The molecule has 3 atom stereocenters. The third-order valence-corrected chi connectivity index (χ3v) is 5.45. The van der Waals surface area contributed by atoms with Crippen LogP contribution in [0, 0.1) is 0 Å². The van der Waals surface area contributed by atoms with Crippen LogP contribution >= 0.6 is 0 Å². The molecule has 2 rings (SSSR count). The third kappa shape index (κ3) is 3.90. The Morgan fingerprint density at radius 2 is 1.89 bits per heavy atom. The van der Waals surface area contributed by atoms with E-state index in [1.54, 1.807) is 6.26 Å². The van der Waals surface area contributed by atoms with E-state index in [0.717, 1.165) is 6.54 Å². The summed E-state index contributed by atoms with van der Waals surface area (Å²) in [5, 5.41) is 3.70. The Kier molecular flexibility index (Phi) is 5.17. The molecular formula is C16H25NOS. The Bertz CT molecular complexity index is 458. The highest BCUT2D eigenvalue weighted by Gasteiger charge is 2.13. The lowest BCUT2D eigenvalue weighted by Crippen LogP contribution is -2.29. The Morgan fingerprint density at radius 1 is 1.21 bits per heavy atom. The SMILES string of the molecule is CC(NCC(C)S(C)=O)c1ccc2c(c1)CCCC2. The predicted octanol–water partition coefficient (Wildman–Crippen LogP) is 2.98. The van der Waals surface area contributed by atoms with E-state index < -0.39 is 10.8 Å². The number of hydrogen-bond donors (Lipinski definition) is 1. The van der Waals surface area contributed by atoms with Gasteiger partial charge in [-0.25, -0.2) is 0 Å². The summed E-state index contributed by atoms with van der Waals surface area (Å²) in [4.78, 5) is 0. The van der Waals surface area contributed by atoms with E-state index in [-0.39, 0.29) is 5.25 Å². The van der Waals surface area contributed by atoms with Gasteiger partial charge in [0.1, 0.15) is 0 Å². The summed E-state index contributed by atoms with van der Waals surface area (Å²) in [6.07, 6.45) is 6.90. The van der Waals surface area contributed by atoms with Crippen molar-refractivity contribution in [1.82, 2.24) is 5.32 Å². The van der Waals surface area contributed by atoms with Crippen molar-refractivity contribution in [2.45, 2.75) is 50.8 Å². The lowest BCUT2D eigenvalue weighted by molar-refractivity contribution is 0.567. The Labute approximate surface area is 119 Å². The van der Waals surface area contributed by atoms with Gasteiger partial charge in [0.25, 0.3) is 0 Å². The van der Waals surface area contributed by atoms with E-state index in [1.165, 1.54) is 42.4 Å². The second-order valence-corrected chi connectivity index (χ2v) is 7.48. The van der Waals surface area contributed by atoms with Crippen molar-refractivity contribution >= 4 is 10.8 Å². The number of aryl methyl sites for hydroxylation is 2. The second-order valence-electron chi connectivity index (χ2n) is 5.67. The minimum absolute atomic E-state index is 0.208. The van der Waals surface area contributed by atoms with Crippen molar-refractivity contribution in [1.29, 1.82) is 0 Å². The van der Waals surface area contributed by atoms with Crippen LogP contribution in [0.2, 0.25) is 0 Å². The first-order valence-corrected chi connectivity index (χ1v) is 8.87. The molecule has 0 saturated carbocycles. The molecule has 1 aliphatic rings. The van der Waals surface area contributed by atoms with Gasteiger partial charge in [-0.15, -0.1) is 0 Å². The Morgan fingerprint density at radius 3 is 2.58 bits per heavy atom. The molecule has 1 aromatic rings. The van der Waals surface area contributed by atoms with Gasteiger partial charge in [-0.2, -0.15) is 0 Å². The largest absolute Gasteiger partial charge is 0.309 e. The van der Waals surface area contributed by atoms with Crippen molar-refractivity contribution in [3.63, 3.8) is 0 Å². The van der Waals surface area contributed by atoms with E-state index in [9.17, 15) is 4.21 Å². The molecule has 0 bridgehead atoms. The van der Waals surface area contributed by atoms with E-state index in [4.69, 9.17) is 0 Å². The van der Waals surface area contributed by atoms with Gasteiger partial charge in [0.15, 0.2) is 0 Å². The monoisotopic (exact) mass is 279 g/mol. The molecule has 1 aliphatic carbocycles. The standard InChI is InChI=1S/C16H25NOS/c1-12(19(3)18)11-17-13(2)15-9-8-14-6-4-5-7-16(14)10-15/h8-10,12-13,17H,4-7,11H2,1-3H3. The van der Waals surface area contributed by atoms with Crippen LogP contribution in [0.25, 0.3) is 0 Å². The van der Waals surface area contributed by atoms with Gasteiger partial charge in [0, 0.05) is 34.9 Å². The van der Waals surface area contributed by atoms with Crippen LogP contribution in [0.4, 0.5) is 0 Å². The lowest BCUT2D eigenvalue weighted by atomic mass is 9.89. The van der Waals surface area contributed by atoms with Crippen molar-refractivity contribution in [2.75, 3.05) is 12.8 Å². The van der Waals surface area contributed by atoms with Crippen molar-refractivity contribution in [3.05, 3.63) is 34.9 Å². The van der Waals surface area contributed by atoms with Crippen LogP contribution in [0.3, 0.4) is 0 Å². The molecule has 2 nitrogen and oxygen atoms in total. The van der Waals surface area contributed by atoms with Gasteiger partial charge in [-0.05, 0) is 56.2 Å². The quantitative estimate of drug-likeness (QED) is 0.898. The molecule has 0 saturated heterocycles. The Balaban J connectivity index is 1.99. The van der Waals surface area contributed by atoms with Crippen molar-refractivity contribution in [2.24, 2.45) is 0 Å². The topological polar surface area (TPSA) is 29.1 Å². The fraction of sp³-hybridized carbons (Fsp3) is 0.625. The molecule has 19 heavy (non-hydrogen) atoms. The lowest BCUT2D eigenvalue weighted by Gasteiger charge is -2.21. The molecule has 106 valence electrons.